The van der Waals surface area contributed by atoms with Crippen molar-refractivity contribution in [2.24, 2.45) is 5.92 Å². The van der Waals surface area contributed by atoms with Crippen molar-refractivity contribution >= 4 is 11.6 Å². The minimum Gasteiger partial charge on any atom is -0.316 e. The van der Waals surface area contributed by atoms with Gasteiger partial charge in [-0.25, -0.2) is 0 Å². The number of nitrogens with one attached hydrogen (secondary N) is 1. The summed E-state index contributed by atoms with van der Waals surface area (Å²) in [6, 6.07) is 8.42. The van der Waals surface area contributed by atoms with Crippen LogP contribution in [0.25, 0.3) is 0 Å². The monoisotopic (exact) mass is 279 g/mol. The third-order valence-corrected chi connectivity index (χ3v) is 4.60. The molecule has 0 aliphatic heterocycles. The highest BCUT2D eigenvalue weighted by Crippen LogP contribution is 2.41. The van der Waals surface area contributed by atoms with Crippen molar-refractivity contribution in [1.82, 2.24) is 5.32 Å². The molecule has 0 unspecified atom stereocenters. The highest BCUT2D eigenvalue weighted by Gasteiger charge is 2.34. The normalized spacial score (nSPS) is 18.7. The summed E-state index contributed by atoms with van der Waals surface area (Å²) < 4.78 is 0. The van der Waals surface area contributed by atoms with Gasteiger partial charge in [0.2, 0.25) is 0 Å². The van der Waals surface area contributed by atoms with Crippen molar-refractivity contribution in [3.63, 3.8) is 0 Å². The molecule has 0 bridgehead atoms. The van der Waals surface area contributed by atoms with E-state index in [0.29, 0.717) is 5.92 Å². The number of benzene rings is 1. The minimum atomic E-state index is 0.255. The molecule has 2 rings (SSSR count). The van der Waals surface area contributed by atoms with E-state index in [2.05, 4.69) is 31.3 Å². The summed E-state index contributed by atoms with van der Waals surface area (Å²) in [7, 11) is 0. The van der Waals surface area contributed by atoms with E-state index in [0.717, 1.165) is 18.1 Å². The zero-order valence-corrected chi connectivity index (χ0v) is 13.0. The van der Waals surface area contributed by atoms with Gasteiger partial charge in [0.05, 0.1) is 0 Å². The number of hydrogen-bond donors (Lipinski definition) is 1. The molecule has 0 amide bonds. The number of rotatable bonds is 5. The first-order chi connectivity index (χ1) is 9.14. The Morgan fingerprint density at radius 1 is 1.16 bits per heavy atom. The molecule has 19 heavy (non-hydrogen) atoms. The summed E-state index contributed by atoms with van der Waals surface area (Å²) in [5, 5.41) is 4.60. The van der Waals surface area contributed by atoms with Gasteiger partial charge in [0.1, 0.15) is 0 Å². The van der Waals surface area contributed by atoms with Gasteiger partial charge < -0.3 is 5.32 Å². The lowest BCUT2D eigenvalue weighted by molar-refractivity contribution is 0.276. The summed E-state index contributed by atoms with van der Waals surface area (Å²) in [5.74, 6) is 0.701. The molecule has 1 aromatic carbocycles. The summed E-state index contributed by atoms with van der Waals surface area (Å²) in [6.07, 6.45) is 6.56. The van der Waals surface area contributed by atoms with Crippen LogP contribution in [0, 0.1) is 5.92 Å². The Morgan fingerprint density at radius 3 is 2.47 bits per heavy atom. The Labute approximate surface area is 122 Å². The molecule has 1 nitrogen and oxygen atoms in total. The standard InChI is InChI=1S/C17H26ClN/c1-14(2)12-19-13-17(10-6-3-7-11-17)15-8-4-5-9-16(15)18/h4-5,8-9,14,19H,3,6-7,10-13H2,1-2H3. The van der Waals surface area contributed by atoms with E-state index in [1.807, 2.05) is 12.1 Å². The highest BCUT2D eigenvalue weighted by atomic mass is 35.5. The van der Waals surface area contributed by atoms with Gasteiger partial charge in [-0.15, -0.1) is 0 Å². The molecule has 1 aliphatic carbocycles. The third-order valence-electron chi connectivity index (χ3n) is 4.27. The van der Waals surface area contributed by atoms with E-state index in [1.54, 1.807) is 0 Å². The van der Waals surface area contributed by atoms with Crippen molar-refractivity contribution in [2.45, 2.75) is 51.4 Å². The van der Waals surface area contributed by atoms with Gasteiger partial charge in [0.15, 0.2) is 0 Å². The molecule has 0 spiro atoms. The molecule has 1 aliphatic rings. The van der Waals surface area contributed by atoms with Crippen molar-refractivity contribution in [1.29, 1.82) is 0 Å². The maximum Gasteiger partial charge on any atom is 0.0444 e. The molecule has 1 saturated carbocycles. The van der Waals surface area contributed by atoms with E-state index in [4.69, 9.17) is 11.6 Å². The molecule has 0 radical (unpaired) electrons. The van der Waals surface area contributed by atoms with E-state index < -0.39 is 0 Å². The Balaban J connectivity index is 2.17. The fourth-order valence-electron chi connectivity index (χ4n) is 3.26. The third kappa shape index (κ3) is 3.73. The quantitative estimate of drug-likeness (QED) is 0.817. The Hall–Kier alpha value is -0.530. The van der Waals surface area contributed by atoms with E-state index in [9.17, 15) is 0 Å². The fourth-order valence-corrected chi connectivity index (χ4v) is 3.60. The molecule has 1 fully saturated rings. The molecular formula is C17H26ClN. The van der Waals surface area contributed by atoms with Crippen LogP contribution in [0.3, 0.4) is 0 Å². The van der Waals surface area contributed by atoms with Crippen LogP contribution in [0.15, 0.2) is 24.3 Å². The first-order valence-corrected chi connectivity index (χ1v) is 7.98. The maximum absolute atomic E-state index is 6.46. The molecule has 1 N–H and O–H groups in total. The second kappa shape index (κ2) is 6.76. The van der Waals surface area contributed by atoms with Gasteiger partial charge >= 0.3 is 0 Å². The van der Waals surface area contributed by atoms with Gasteiger partial charge in [0, 0.05) is 17.0 Å². The molecule has 0 heterocycles. The first-order valence-electron chi connectivity index (χ1n) is 7.60. The fraction of sp³-hybridized carbons (Fsp3) is 0.647. The molecule has 106 valence electrons. The molecule has 0 saturated heterocycles. The van der Waals surface area contributed by atoms with Crippen LogP contribution >= 0.6 is 11.6 Å². The lowest BCUT2D eigenvalue weighted by Crippen LogP contribution is -2.41. The number of hydrogen-bond acceptors (Lipinski definition) is 1. The predicted octanol–water partition coefficient (Wildman–Crippen LogP) is 4.79. The average molecular weight is 280 g/mol. The molecule has 0 aromatic heterocycles. The first kappa shape index (κ1) is 14.9. The Bertz CT molecular complexity index is 394. The van der Waals surface area contributed by atoms with Crippen LogP contribution < -0.4 is 5.32 Å². The molecule has 0 atom stereocenters. The summed E-state index contributed by atoms with van der Waals surface area (Å²) in [4.78, 5) is 0. The largest absolute Gasteiger partial charge is 0.316 e. The summed E-state index contributed by atoms with van der Waals surface area (Å²) >= 11 is 6.46. The van der Waals surface area contributed by atoms with Crippen LogP contribution in [0.1, 0.15) is 51.5 Å². The predicted molar refractivity (Wildman–Crippen MR) is 83.9 cm³/mol. The lowest BCUT2D eigenvalue weighted by Gasteiger charge is -2.39. The maximum atomic E-state index is 6.46. The minimum absolute atomic E-state index is 0.255. The molecule has 1 aromatic rings. The van der Waals surface area contributed by atoms with Crippen LogP contribution in [-0.2, 0) is 5.41 Å². The van der Waals surface area contributed by atoms with Crippen molar-refractivity contribution in [2.75, 3.05) is 13.1 Å². The zero-order valence-electron chi connectivity index (χ0n) is 12.2. The zero-order chi connectivity index (χ0) is 13.7. The highest BCUT2D eigenvalue weighted by molar-refractivity contribution is 6.31. The Kier molecular flexibility index (Phi) is 5.29. The van der Waals surface area contributed by atoms with E-state index in [1.165, 1.54) is 37.7 Å². The van der Waals surface area contributed by atoms with Gasteiger partial charge in [-0.3, -0.25) is 0 Å². The van der Waals surface area contributed by atoms with Gasteiger partial charge in [-0.2, -0.15) is 0 Å². The summed E-state index contributed by atoms with van der Waals surface area (Å²) in [6.45, 7) is 6.67. The van der Waals surface area contributed by atoms with Crippen molar-refractivity contribution < 1.29 is 0 Å². The van der Waals surface area contributed by atoms with Crippen LogP contribution in [0.5, 0.6) is 0 Å². The lowest BCUT2D eigenvalue weighted by atomic mass is 9.69. The second-order valence-corrected chi connectivity index (χ2v) is 6.75. The molecular weight excluding hydrogens is 254 g/mol. The average Bonchev–Trinajstić information content (AvgIpc) is 2.40. The SMILES string of the molecule is CC(C)CNCC1(c2ccccc2Cl)CCCCC1. The van der Waals surface area contributed by atoms with Crippen LogP contribution in [0.4, 0.5) is 0 Å². The van der Waals surface area contributed by atoms with E-state index in [-0.39, 0.29) is 5.41 Å². The van der Waals surface area contributed by atoms with Crippen molar-refractivity contribution in [3.8, 4) is 0 Å². The van der Waals surface area contributed by atoms with Gasteiger partial charge in [-0.05, 0) is 36.9 Å². The number of halogens is 1. The smallest absolute Gasteiger partial charge is 0.0444 e. The summed E-state index contributed by atoms with van der Waals surface area (Å²) in [5.41, 5.74) is 1.61. The van der Waals surface area contributed by atoms with Crippen molar-refractivity contribution in [3.05, 3.63) is 34.9 Å². The van der Waals surface area contributed by atoms with Gasteiger partial charge in [-0.1, -0.05) is 62.9 Å². The Morgan fingerprint density at radius 2 is 1.84 bits per heavy atom. The second-order valence-electron chi connectivity index (χ2n) is 6.35. The van der Waals surface area contributed by atoms with E-state index >= 15 is 0 Å². The van der Waals surface area contributed by atoms with Gasteiger partial charge in [0.25, 0.3) is 0 Å². The molecule has 2 heteroatoms. The topological polar surface area (TPSA) is 12.0 Å². The van der Waals surface area contributed by atoms with Crippen LogP contribution in [0.2, 0.25) is 5.02 Å². The van der Waals surface area contributed by atoms with Crippen LogP contribution in [-0.4, -0.2) is 13.1 Å².